The van der Waals surface area contributed by atoms with Crippen LogP contribution in [0.5, 0.6) is 0 Å². The van der Waals surface area contributed by atoms with Crippen molar-refractivity contribution in [2.45, 2.75) is 13.8 Å². The molecule has 0 atom stereocenters. The van der Waals surface area contributed by atoms with Crippen LogP contribution in [-0.4, -0.2) is 29.8 Å². The smallest absolute Gasteiger partial charge is 0.285 e. The van der Waals surface area contributed by atoms with Crippen molar-refractivity contribution >= 4 is 5.65 Å². The zero-order chi connectivity index (χ0) is 20.0. The second kappa shape index (κ2) is 6.52. The van der Waals surface area contributed by atoms with Crippen LogP contribution in [0.1, 0.15) is 11.4 Å². The molecule has 0 radical (unpaired) electrons. The lowest BCUT2D eigenvalue weighted by Crippen LogP contribution is -2.19. The number of nitrogens with zero attached hydrogens (tertiary/aromatic N) is 5. The Kier molecular flexibility index (Phi) is 3.83. The third kappa shape index (κ3) is 2.73. The van der Waals surface area contributed by atoms with E-state index < -0.39 is 0 Å². The van der Waals surface area contributed by atoms with Crippen LogP contribution in [-0.2, 0) is 0 Å². The first-order chi connectivity index (χ1) is 14.1. The molecule has 4 aromatic heterocycles. The Bertz CT molecular complexity index is 1380. The molecule has 0 amide bonds. The summed E-state index contributed by atoms with van der Waals surface area (Å²) in [6, 6.07) is 13.4. The summed E-state index contributed by atoms with van der Waals surface area (Å²) in [6.45, 7) is 3.68. The predicted octanol–water partition coefficient (Wildman–Crippen LogP) is 3.42. The molecule has 5 rings (SSSR count). The molecule has 1 aromatic carbocycles. The van der Waals surface area contributed by atoms with E-state index >= 15 is 0 Å². The van der Waals surface area contributed by atoms with Gasteiger partial charge < -0.3 is 4.42 Å². The van der Waals surface area contributed by atoms with E-state index in [1.54, 1.807) is 25.4 Å². The van der Waals surface area contributed by atoms with Gasteiger partial charge in [0.15, 0.2) is 5.65 Å². The highest BCUT2D eigenvalue weighted by molar-refractivity contribution is 5.80. The van der Waals surface area contributed by atoms with Gasteiger partial charge in [-0.1, -0.05) is 30.3 Å². The first-order valence-corrected chi connectivity index (χ1v) is 9.05. The minimum Gasteiger partial charge on any atom is -0.416 e. The SMILES string of the molecule is Cc1nc2c(-c3ccccc3)c(C)[nH]n2c(=O)c1-c1nnc(-c2cccnc2)o1. The molecule has 0 bridgehead atoms. The Balaban J connectivity index is 1.69. The Morgan fingerprint density at radius 1 is 0.931 bits per heavy atom. The topological polar surface area (TPSA) is 102 Å². The molecule has 0 aliphatic heterocycles. The maximum atomic E-state index is 13.2. The largest absolute Gasteiger partial charge is 0.416 e. The van der Waals surface area contributed by atoms with Gasteiger partial charge in [0.2, 0.25) is 5.89 Å². The van der Waals surface area contributed by atoms with Crippen LogP contribution in [0.15, 0.2) is 64.1 Å². The molecule has 8 nitrogen and oxygen atoms in total. The van der Waals surface area contributed by atoms with Crippen molar-refractivity contribution < 1.29 is 4.42 Å². The molecule has 0 aliphatic carbocycles. The number of aromatic amines is 1. The summed E-state index contributed by atoms with van der Waals surface area (Å²) in [5.74, 6) is 0.423. The molecule has 0 saturated heterocycles. The van der Waals surface area contributed by atoms with Crippen molar-refractivity contribution in [1.82, 2.24) is 29.8 Å². The molecular weight excluding hydrogens is 368 g/mol. The summed E-state index contributed by atoms with van der Waals surface area (Å²) in [4.78, 5) is 22.0. The van der Waals surface area contributed by atoms with Crippen LogP contribution in [0.25, 0.3) is 39.7 Å². The van der Waals surface area contributed by atoms with Gasteiger partial charge in [0.25, 0.3) is 11.4 Å². The number of aromatic nitrogens is 6. The number of H-pyrrole nitrogens is 1. The summed E-state index contributed by atoms with van der Waals surface area (Å²) < 4.78 is 7.18. The van der Waals surface area contributed by atoms with Crippen molar-refractivity contribution in [3.05, 3.63) is 76.6 Å². The summed E-state index contributed by atoms with van der Waals surface area (Å²) in [5, 5.41) is 11.2. The second-order valence-corrected chi connectivity index (χ2v) is 6.67. The molecule has 0 fully saturated rings. The highest BCUT2D eigenvalue weighted by atomic mass is 16.4. The summed E-state index contributed by atoms with van der Waals surface area (Å²) in [6.07, 6.45) is 3.28. The van der Waals surface area contributed by atoms with Gasteiger partial charge in [-0.05, 0) is 31.5 Å². The monoisotopic (exact) mass is 384 g/mol. The average molecular weight is 384 g/mol. The zero-order valence-corrected chi connectivity index (χ0v) is 15.7. The number of pyridine rings is 1. The molecule has 0 spiro atoms. The highest BCUT2D eigenvalue weighted by Gasteiger charge is 2.22. The highest BCUT2D eigenvalue weighted by Crippen LogP contribution is 2.28. The van der Waals surface area contributed by atoms with Gasteiger partial charge in [-0.3, -0.25) is 14.9 Å². The molecule has 0 aliphatic rings. The summed E-state index contributed by atoms with van der Waals surface area (Å²) in [7, 11) is 0. The Labute approximate surface area is 164 Å². The maximum absolute atomic E-state index is 13.2. The van der Waals surface area contributed by atoms with Crippen LogP contribution in [0.3, 0.4) is 0 Å². The van der Waals surface area contributed by atoms with Gasteiger partial charge in [-0.2, -0.15) is 0 Å². The van der Waals surface area contributed by atoms with E-state index in [0.29, 0.717) is 22.8 Å². The van der Waals surface area contributed by atoms with Crippen LogP contribution >= 0.6 is 0 Å². The molecule has 142 valence electrons. The van der Waals surface area contributed by atoms with Gasteiger partial charge in [-0.15, -0.1) is 10.2 Å². The normalized spacial score (nSPS) is 11.2. The quantitative estimate of drug-likeness (QED) is 0.511. The minimum atomic E-state index is -0.292. The summed E-state index contributed by atoms with van der Waals surface area (Å²) >= 11 is 0. The lowest BCUT2D eigenvalue weighted by molar-refractivity contribution is 0.581. The van der Waals surface area contributed by atoms with E-state index in [1.807, 2.05) is 43.3 Å². The lowest BCUT2D eigenvalue weighted by atomic mass is 10.1. The predicted molar refractivity (Wildman–Crippen MR) is 107 cm³/mol. The van der Waals surface area contributed by atoms with E-state index in [4.69, 9.17) is 4.42 Å². The van der Waals surface area contributed by atoms with E-state index in [-0.39, 0.29) is 17.0 Å². The molecule has 0 unspecified atom stereocenters. The minimum absolute atomic E-state index is 0.127. The fraction of sp³-hybridized carbons (Fsp3) is 0.0952. The first kappa shape index (κ1) is 17.1. The third-order valence-corrected chi connectivity index (χ3v) is 4.75. The van der Waals surface area contributed by atoms with E-state index in [1.165, 1.54) is 4.52 Å². The molecule has 5 aromatic rings. The fourth-order valence-electron chi connectivity index (χ4n) is 3.42. The van der Waals surface area contributed by atoms with E-state index in [9.17, 15) is 4.79 Å². The first-order valence-electron chi connectivity index (χ1n) is 9.05. The Morgan fingerprint density at radius 2 is 1.69 bits per heavy atom. The molecular formula is C21H16N6O2. The van der Waals surface area contributed by atoms with Gasteiger partial charge in [0, 0.05) is 23.7 Å². The number of rotatable bonds is 3. The molecule has 8 heteroatoms. The van der Waals surface area contributed by atoms with Crippen LogP contribution in [0.2, 0.25) is 0 Å². The number of benzene rings is 1. The van der Waals surface area contributed by atoms with E-state index in [2.05, 4.69) is 25.3 Å². The standard InChI is InChI=1S/C21H16N6O2/c1-12-17(20-25-24-19(29-20)15-9-6-10-22-11-15)21(28)27-18(23-12)16(13(2)26-27)14-7-4-3-5-8-14/h3-11,26H,1-2H3. The molecule has 0 saturated carbocycles. The fourth-order valence-corrected chi connectivity index (χ4v) is 3.42. The van der Waals surface area contributed by atoms with Crippen molar-refractivity contribution in [1.29, 1.82) is 0 Å². The van der Waals surface area contributed by atoms with Crippen LogP contribution in [0.4, 0.5) is 0 Å². The van der Waals surface area contributed by atoms with Gasteiger partial charge >= 0.3 is 0 Å². The lowest BCUT2D eigenvalue weighted by Gasteiger charge is -2.03. The van der Waals surface area contributed by atoms with Crippen LogP contribution in [0, 0.1) is 13.8 Å². The maximum Gasteiger partial charge on any atom is 0.285 e. The number of hydrogen-bond donors (Lipinski definition) is 1. The molecule has 1 N–H and O–H groups in total. The third-order valence-electron chi connectivity index (χ3n) is 4.75. The van der Waals surface area contributed by atoms with Crippen LogP contribution < -0.4 is 5.56 Å². The van der Waals surface area contributed by atoms with Gasteiger partial charge in [-0.25, -0.2) is 9.50 Å². The number of aryl methyl sites for hydroxylation is 2. The van der Waals surface area contributed by atoms with Crippen molar-refractivity contribution in [2.24, 2.45) is 0 Å². The van der Waals surface area contributed by atoms with Gasteiger partial charge in [0.05, 0.1) is 11.3 Å². The van der Waals surface area contributed by atoms with Gasteiger partial charge in [0.1, 0.15) is 5.56 Å². The zero-order valence-electron chi connectivity index (χ0n) is 15.7. The molecule has 4 heterocycles. The Morgan fingerprint density at radius 3 is 2.45 bits per heavy atom. The number of hydrogen-bond acceptors (Lipinski definition) is 6. The molecule has 29 heavy (non-hydrogen) atoms. The Hall–Kier alpha value is -4.07. The number of nitrogens with one attached hydrogen (secondary N) is 1. The van der Waals surface area contributed by atoms with Crippen molar-refractivity contribution in [3.63, 3.8) is 0 Å². The van der Waals surface area contributed by atoms with E-state index in [0.717, 1.165) is 16.8 Å². The number of fused-ring (bicyclic) bond motifs is 1. The van der Waals surface area contributed by atoms with Crippen molar-refractivity contribution in [3.8, 4) is 34.0 Å². The van der Waals surface area contributed by atoms with Crippen molar-refractivity contribution in [2.75, 3.05) is 0 Å². The summed E-state index contributed by atoms with van der Waals surface area (Å²) in [5.41, 5.74) is 4.46. The second-order valence-electron chi connectivity index (χ2n) is 6.67. The average Bonchev–Trinajstić information content (AvgIpc) is 3.34.